The van der Waals surface area contributed by atoms with Gasteiger partial charge in [0.2, 0.25) is 5.91 Å². The van der Waals surface area contributed by atoms with Gasteiger partial charge in [-0.3, -0.25) is 4.79 Å². The molecule has 7 heteroatoms. The molecule has 1 amide bonds. The van der Waals surface area contributed by atoms with Crippen LogP contribution in [0.1, 0.15) is 18.2 Å². The number of rotatable bonds is 3. The lowest BCUT2D eigenvalue weighted by molar-refractivity contribution is -0.117. The van der Waals surface area contributed by atoms with Crippen molar-refractivity contribution in [1.82, 2.24) is 10.1 Å². The summed E-state index contributed by atoms with van der Waals surface area (Å²) in [6.45, 7) is 0.316. The molecule has 3 heterocycles. The molecular weight excluding hydrogens is 301 g/mol. The number of carbonyl (C=O) groups is 1. The summed E-state index contributed by atoms with van der Waals surface area (Å²) in [4.78, 5) is 17.9. The Morgan fingerprint density at radius 1 is 1.22 bits per heavy atom. The third-order valence-electron chi connectivity index (χ3n) is 3.81. The molecule has 0 spiro atoms. The van der Waals surface area contributed by atoms with E-state index >= 15 is 0 Å². The highest BCUT2D eigenvalue weighted by molar-refractivity contribution is 5.96. The molecule has 0 radical (unpaired) electrons. The number of amides is 1. The maximum Gasteiger partial charge on any atom is 0.293 e. The zero-order valence-electron chi connectivity index (χ0n) is 12.0. The van der Waals surface area contributed by atoms with Crippen LogP contribution in [0, 0.1) is 5.82 Å². The molecule has 0 bridgehead atoms. The summed E-state index contributed by atoms with van der Waals surface area (Å²) in [5.74, 6) is 0.328. The van der Waals surface area contributed by atoms with Gasteiger partial charge in [-0.2, -0.15) is 4.98 Å². The Morgan fingerprint density at radius 2 is 2.09 bits per heavy atom. The zero-order chi connectivity index (χ0) is 15.8. The average Bonchev–Trinajstić information content (AvgIpc) is 3.27. The molecule has 1 aliphatic rings. The van der Waals surface area contributed by atoms with Crippen LogP contribution in [0.5, 0.6) is 0 Å². The van der Waals surface area contributed by atoms with Crippen molar-refractivity contribution in [3.05, 3.63) is 54.3 Å². The minimum atomic E-state index is -0.425. The number of hydrogen-bond donors (Lipinski definition) is 0. The van der Waals surface area contributed by atoms with Gasteiger partial charge in [0.15, 0.2) is 11.6 Å². The van der Waals surface area contributed by atoms with Gasteiger partial charge in [0.25, 0.3) is 5.89 Å². The molecule has 23 heavy (non-hydrogen) atoms. The second-order valence-electron chi connectivity index (χ2n) is 5.29. The van der Waals surface area contributed by atoms with E-state index in [-0.39, 0.29) is 29.8 Å². The Kier molecular flexibility index (Phi) is 3.18. The van der Waals surface area contributed by atoms with E-state index in [0.29, 0.717) is 18.1 Å². The van der Waals surface area contributed by atoms with E-state index in [0.717, 1.165) is 0 Å². The smallest absolute Gasteiger partial charge is 0.293 e. The molecule has 1 saturated heterocycles. The second kappa shape index (κ2) is 5.35. The molecule has 0 aliphatic carbocycles. The van der Waals surface area contributed by atoms with E-state index in [9.17, 15) is 9.18 Å². The van der Waals surface area contributed by atoms with Gasteiger partial charge in [-0.05, 0) is 24.3 Å². The van der Waals surface area contributed by atoms with Gasteiger partial charge in [-0.15, -0.1) is 0 Å². The number of furan rings is 1. The summed E-state index contributed by atoms with van der Waals surface area (Å²) in [5.41, 5.74) is 0.273. The molecule has 0 unspecified atom stereocenters. The molecule has 116 valence electrons. The molecular formula is C16H12FN3O3. The van der Waals surface area contributed by atoms with Gasteiger partial charge in [0, 0.05) is 18.9 Å². The number of aromatic nitrogens is 2. The number of anilines is 1. The maximum absolute atomic E-state index is 13.9. The van der Waals surface area contributed by atoms with Crippen molar-refractivity contribution in [2.45, 2.75) is 12.3 Å². The average molecular weight is 313 g/mol. The van der Waals surface area contributed by atoms with Gasteiger partial charge >= 0.3 is 0 Å². The van der Waals surface area contributed by atoms with E-state index in [1.165, 1.54) is 17.2 Å². The minimum absolute atomic E-state index is 0.163. The van der Waals surface area contributed by atoms with E-state index in [2.05, 4.69) is 10.1 Å². The van der Waals surface area contributed by atoms with Gasteiger partial charge in [0.05, 0.1) is 12.0 Å². The van der Waals surface area contributed by atoms with Crippen LogP contribution in [0.2, 0.25) is 0 Å². The summed E-state index contributed by atoms with van der Waals surface area (Å²) in [5, 5.41) is 3.92. The van der Waals surface area contributed by atoms with E-state index in [1.54, 1.807) is 30.3 Å². The summed E-state index contributed by atoms with van der Waals surface area (Å²) < 4.78 is 24.2. The predicted octanol–water partition coefficient (Wildman–Crippen LogP) is 2.99. The normalized spacial score (nSPS) is 17.9. The number of benzene rings is 1. The molecule has 0 saturated carbocycles. The number of carbonyl (C=O) groups excluding carboxylic acids is 1. The van der Waals surface area contributed by atoms with Crippen LogP contribution >= 0.6 is 0 Å². The van der Waals surface area contributed by atoms with Crippen LogP contribution in [0.4, 0.5) is 10.1 Å². The van der Waals surface area contributed by atoms with Gasteiger partial charge < -0.3 is 13.8 Å². The van der Waals surface area contributed by atoms with Crippen molar-refractivity contribution >= 4 is 11.6 Å². The quantitative estimate of drug-likeness (QED) is 0.743. The number of halogens is 1. The Morgan fingerprint density at radius 3 is 2.87 bits per heavy atom. The van der Waals surface area contributed by atoms with Crippen molar-refractivity contribution in [2.75, 3.05) is 11.4 Å². The topological polar surface area (TPSA) is 72.4 Å². The summed E-state index contributed by atoms with van der Waals surface area (Å²) in [7, 11) is 0. The number of para-hydroxylation sites is 1. The Labute approximate surface area is 130 Å². The summed E-state index contributed by atoms with van der Waals surface area (Å²) in [6, 6.07) is 9.63. The first-order chi connectivity index (χ1) is 11.2. The second-order valence-corrected chi connectivity index (χ2v) is 5.29. The molecule has 2 aromatic heterocycles. The molecule has 1 atom stereocenters. The van der Waals surface area contributed by atoms with Gasteiger partial charge in [0.1, 0.15) is 5.82 Å². The Bertz CT molecular complexity index is 844. The first kappa shape index (κ1) is 13.7. The van der Waals surface area contributed by atoms with E-state index < -0.39 is 5.82 Å². The lowest BCUT2D eigenvalue weighted by atomic mass is 10.1. The summed E-state index contributed by atoms with van der Waals surface area (Å²) in [6.07, 6.45) is 1.73. The lowest BCUT2D eigenvalue weighted by Crippen LogP contribution is -2.25. The van der Waals surface area contributed by atoms with Crippen LogP contribution in [0.3, 0.4) is 0 Å². The zero-order valence-corrected chi connectivity index (χ0v) is 12.0. The van der Waals surface area contributed by atoms with E-state index in [4.69, 9.17) is 8.94 Å². The van der Waals surface area contributed by atoms with E-state index in [1.807, 2.05) is 0 Å². The standard InChI is InChI=1S/C16H12FN3O3/c17-11-4-1-2-5-12(11)20-9-10(8-14(20)21)15-18-16(23-19-15)13-6-3-7-22-13/h1-7,10H,8-9H2/t10-/m0/s1. The molecule has 6 nitrogen and oxygen atoms in total. The maximum atomic E-state index is 13.9. The molecule has 1 fully saturated rings. The molecule has 1 aromatic carbocycles. The van der Waals surface area contributed by atoms with Crippen LogP contribution < -0.4 is 4.90 Å². The first-order valence-electron chi connectivity index (χ1n) is 7.15. The third-order valence-corrected chi connectivity index (χ3v) is 3.81. The first-order valence-corrected chi connectivity index (χ1v) is 7.15. The SMILES string of the molecule is O=C1C[C@H](c2noc(-c3ccco3)n2)CN1c1ccccc1F. The van der Waals surface area contributed by atoms with Crippen LogP contribution in [-0.2, 0) is 4.79 Å². The van der Waals surface area contributed by atoms with Crippen LogP contribution in [-0.4, -0.2) is 22.6 Å². The van der Waals surface area contributed by atoms with Gasteiger partial charge in [-0.1, -0.05) is 17.3 Å². The van der Waals surface area contributed by atoms with Crippen molar-refractivity contribution in [3.8, 4) is 11.7 Å². The highest BCUT2D eigenvalue weighted by Gasteiger charge is 2.35. The number of hydrogen-bond acceptors (Lipinski definition) is 5. The van der Waals surface area contributed by atoms with Crippen LogP contribution in [0.25, 0.3) is 11.7 Å². The molecule has 3 aromatic rings. The molecule has 4 rings (SSSR count). The highest BCUT2D eigenvalue weighted by atomic mass is 19.1. The predicted molar refractivity (Wildman–Crippen MR) is 78.1 cm³/mol. The fourth-order valence-electron chi connectivity index (χ4n) is 2.69. The van der Waals surface area contributed by atoms with Crippen molar-refractivity contribution < 1.29 is 18.1 Å². The van der Waals surface area contributed by atoms with Crippen LogP contribution in [0.15, 0.2) is 51.6 Å². The molecule has 1 aliphatic heterocycles. The molecule has 0 N–H and O–H groups in total. The third kappa shape index (κ3) is 2.40. The van der Waals surface area contributed by atoms with Crippen molar-refractivity contribution in [2.24, 2.45) is 0 Å². The Hall–Kier alpha value is -2.96. The largest absolute Gasteiger partial charge is 0.459 e. The van der Waals surface area contributed by atoms with Gasteiger partial charge in [-0.25, -0.2) is 4.39 Å². The summed E-state index contributed by atoms with van der Waals surface area (Å²) >= 11 is 0. The minimum Gasteiger partial charge on any atom is -0.459 e. The number of nitrogens with zero attached hydrogens (tertiary/aromatic N) is 3. The Balaban J connectivity index is 1.58. The fourth-order valence-corrected chi connectivity index (χ4v) is 2.69. The monoisotopic (exact) mass is 313 g/mol. The fraction of sp³-hybridized carbons (Fsp3) is 0.188. The van der Waals surface area contributed by atoms with Crippen molar-refractivity contribution in [1.29, 1.82) is 0 Å². The highest BCUT2D eigenvalue weighted by Crippen LogP contribution is 2.32. The van der Waals surface area contributed by atoms with Crippen molar-refractivity contribution in [3.63, 3.8) is 0 Å². The lowest BCUT2D eigenvalue weighted by Gasteiger charge is -2.16.